The van der Waals surface area contributed by atoms with Gasteiger partial charge in [0.1, 0.15) is 22.2 Å². The number of carbonyl (C=O) groups excluding carboxylic acids is 1. The smallest absolute Gasteiger partial charge is 0.248 e. The third kappa shape index (κ3) is 4.58. The Morgan fingerprint density at radius 3 is 2.71 bits per heavy atom. The van der Waals surface area contributed by atoms with Crippen LogP contribution in [0.3, 0.4) is 0 Å². The fraction of sp³-hybridized carbons (Fsp3) is 0.353. The molecule has 0 atom stereocenters. The summed E-state index contributed by atoms with van der Waals surface area (Å²) in [6.45, 7) is 7.64. The van der Waals surface area contributed by atoms with Crippen molar-refractivity contribution in [3.05, 3.63) is 40.9 Å². The molecule has 2 rings (SSSR count). The Bertz CT molecular complexity index is 775. The summed E-state index contributed by atoms with van der Waals surface area (Å²) in [5.74, 6) is 0.260. The minimum absolute atomic E-state index is 0.305. The van der Waals surface area contributed by atoms with Crippen molar-refractivity contribution in [2.45, 2.75) is 33.3 Å². The Kier molecular flexibility index (Phi) is 5.29. The minimum Gasteiger partial charge on any atom is -0.486 e. The van der Waals surface area contributed by atoms with E-state index in [1.54, 1.807) is 36.3 Å². The van der Waals surface area contributed by atoms with Crippen molar-refractivity contribution in [2.24, 2.45) is 7.05 Å². The van der Waals surface area contributed by atoms with Crippen LogP contribution >= 0.6 is 11.6 Å². The van der Waals surface area contributed by atoms with E-state index in [1.807, 2.05) is 27.7 Å². The van der Waals surface area contributed by atoms with Crippen LogP contribution in [-0.4, -0.2) is 26.3 Å². The monoisotopic (exact) mass is 348 g/mol. The second kappa shape index (κ2) is 7.05. The molecule has 1 amide bonds. The van der Waals surface area contributed by atoms with Gasteiger partial charge in [-0.1, -0.05) is 11.6 Å². The summed E-state index contributed by atoms with van der Waals surface area (Å²) in [7, 11) is 1.75. The zero-order valence-corrected chi connectivity index (χ0v) is 15.2. The standard InChI is InChI=1S/C17H21ClN4O2/c1-11-12(16(18)22(5)21-11)6-7-15(23)20-13-10-19-9-8-14(13)24-17(2,3)4/h6-10H,1-5H3,(H,20,23). The van der Waals surface area contributed by atoms with E-state index in [0.29, 0.717) is 22.2 Å². The molecule has 0 aliphatic rings. The number of halogens is 1. The number of hydrogen-bond donors (Lipinski definition) is 1. The van der Waals surface area contributed by atoms with Crippen LogP contribution in [0.1, 0.15) is 32.0 Å². The number of anilines is 1. The van der Waals surface area contributed by atoms with Gasteiger partial charge in [-0.25, -0.2) is 0 Å². The van der Waals surface area contributed by atoms with E-state index in [9.17, 15) is 4.79 Å². The number of nitrogens with zero attached hydrogens (tertiary/aromatic N) is 3. The maximum absolute atomic E-state index is 12.2. The molecule has 0 spiro atoms. The molecule has 6 nitrogen and oxygen atoms in total. The second-order valence-electron chi connectivity index (χ2n) is 6.32. The molecule has 0 saturated heterocycles. The molecule has 2 aromatic rings. The van der Waals surface area contributed by atoms with Crippen molar-refractivity contribution in [1.29, 1.82) is 0 Å². The first kappa shape index (κ1) is 18.0. The fourth-order valence-corrected chi connectivity index (χ4v) is 2.30. The maximum atomic E-state index is 12.2. The lowest BCUT2D eigenvalue weighted by Gasteiger charge is -2.22. The van der Waals surface area contributed by atoms with Gasteiger partial charge in [-0.15, -0.1) is 0 Å². The third-order valence-corrected chi connectivity index (χ3v) is 3.50. The van der Waals surface area contributed by atoms with E-state index in [0.717, 1.165) is 5.69 Å². The molecule has 128 valence electrons. The fourth-order valence-electron chi connectivity index (χ4n) is 2.06. The normalized spacial score (nSPS) is 11.8. The average molecular weight is 349 g/mol. The summed E-state index contributed by atoms with van der Waals surface area (Å²) in [5, 5.41) is 7.45. The molecule has 2 aromatic heterocycles. The molecule has 0 fully saturated rings. The van der Waals surface area contributed by atoms with Gasteiger partial charge < -0.3 is 10.1 Å². The molecule has 0 aliphatic heterocycles. The van der Waals surface area contributed by atoms with Crippen molar-refractivity contribution in [3.63, 3.8) is 0 Å². The van der Waals surface area contributed by atoms with Crippen molar-refractivity contribution in [1.82, 2.24) is 14.8 Å². The van der Waals surface area contributed by atoms with Crippen molar-refractivity contribution in [3.8, 4) is 5.75 Å². The predicted octanol–water partition coefficient (Wildman–Crippen LogP) is 3.61. The summed E-state index contributed by atoms with van der Waals surface area (Å²) < 4.78 is 7.39. The zero-order chi connectivity index (χ0) is 17.9. The Labute approximate surface area is 146 Å². The van der Waals surface area contributed by atoms with Gasteiger partial charge in [0.15, 0.2) is 0 Å². The average Bonchev–Trinajstić information content (AvgIpc) is 2.71. The number of pyridine rings is 1. The minimum atomic E-state index is -0.378. The summed E-state index contributed by atoms with van der Waals surface area (Å²) in [6.07, 6.45) is 6.21. The molecule has 0 aliphatic carbocycles. The summed E-state index contributed by atoms with van der Waals surface area (Å²) in [4.78, 5) is 16.2. The molecule has 0 aromatic carbocycles. The highest BCUT2D eigenvalue weighted by atomic mass is 35.5. The quantitative estimate of drug-likeness (QED) is 0.857. The molecule has 0 saturated carbocycles. The van der Waals surface area contributed by atoms with Crippen LogP contribution in [0.5, 0.6) is 5.75 Å². The third-order valence-electron chi connectivity index (χ3n) is 3.05. The zero-order valence-electron chi connectivity index (χ0n) is 14.4. The lowest BCUT2D eigenvalue weighted by atomic mass is 10.2. The molecule has 0 bridgehead atoms. The Morgan fingerprint density at radius 1 is 1.42 bits per heavy atom. The Morgan fingerprint density at radius 2 is 2.12 bits per heavy atom. The van der Waals surface area contributed by atoms with Crippen LogP contribution in [-0.2, 0) is 11.8 Å². The molecular formula is C17H21ClN4O2. The van der Waals surface area contributed by atoms with Crippen LogP contribution in [0.15, 0.2) is 24.5 Å². The highest BCUT2D eigenvalue weighted by Crippen LogP contribution is 2.27. The van der Waals surface area contributed by atoms with E-state index >= 15 is 0 Å². The molecule has 24 heavy (non-hydrogen) atoms. The first-order valence-corrected chi connectivity index (χ1v) is 7.86. The number of nitrogens with one attached hydrogen (secondary N) is 1. The number of aryl methyl sites for hydroxylation is 2. The van der Waals surface area contributed by atoms with Gasteiger partial charge in [0.05, 0.1) is 11.9 Å². The number of rotatable bonds is 4. The highest BCUT2D eigenvalue weighted by molar-refractivity contribution is 6.31. The molecule has 7 heteroatoms. The van der Waals surface area contributed by atoms with Crippen LogP contribution in [0.4, 0.5) is 5.69 Å². The number of ether oxygens (including phenoxy) is 1. The molecule has 2 heterocycles. The van der Waals surface area contributed by atoms with Crippen LogP contribution in [0.2, 0.25) is 5.15 Å². The number of carbonyl (C=O) groups is 1. The van der Waals surface area contributed by atoms with Crippen LogP contribution < -0.4 is 10.1 Å². The SMILES string of the molecule is Cc1nn(C)c(Cl)c1C=CC(=O)Nc1cnccc1OC(C)(C)C. The Balaban J connectivity index is 2.14. The van der Waals surface area contributed by atoms with Gasteiger partial charge in [-0.05, 0) is 33.8 Å². The van der Waals surface area contributed by atoms with Gasteiger partial charge >= 0.3 is 0 Å². The van der Waals surface area contributed by atoms with Gasteiger partial charge in [0.25, 0.3) is 0 Å². The van der Waals surface area contributed by atoms with E-state index in [2.05, 4.69) is 15.4 Å². The van der Waals surface area contributed by atoms with Crippen molar-refractivity contribution < 1.29 is 9.53 Å². The highest BCUT2D eigenvalue weighted by Gasteiger charge is 2.15. The number of hydrogen-bond acceptors (Lipinski definition) is 4. The number of amides is 1. The molecule has 0 radical (unpaired) electrons. The predicted molar refractivity (Wildman–Crippen MR) is 95.2 cm³/mol. The number of aromatic nitrogens is 3. The first-order valence-electron chi connectivity index (χ1n) is 7.48. The van der Waals surface area contributed by atoms with Crippen LogP contribution in [0, 0.1) is 6.92 Å². The van der Waals surface area contributed by atoms with E-state index in [-0.39, 0.29) is 11.5 Å². The van der Waals surface area contributed by atoms with E-state index in [4.69, 9.17) is 16.3 Å². The lowest BCUT2D eigenvalue weighted by Crippen LogP contribution is -2.24. The second-order valence-corrected chi connectivity index (χ2v) is 6.68. The molecule has 1 N–H and O–H groups in total. The van der Waals surface area contributed by atoms with Crippen molar-refractivity contribution in [2.75, 3.05) is 5.32 Å². The van der Waals surface area contributed by atoms with Crippen molar-refractivity contribution >= 4 is 29.3 Å². The maximum Gasteiger partial charge on any atom is 0.248 e. The van der Waals surface area contributed by atoms with E-state index < -0.39 is 0 Å². The molecular weight excluding hydrogens is 328 g/mol. The topological polar surface area (TPSA) is 69.0 Å². The first-order chi connectivity index (χ1) is 11.2. The van der Waals surface area contributed by atoms with E-state index in [1.165, 1.54) is 6.08 Å². The molecule has 0 unspecified atom stereocenters. The van der Waals surface area contributed by atoms with Gasteiger partial charge in [-0.2, -0.15) is 5.10 Å². The lowest BCUT2D eigenvalue weighted by molar-refractivity contribution is -0.111. The summed E-state index contributed by atoms with van der Waals surface area (Å²) in [5.41, 5.74) is 1.60. The summed E-state index contributed by atoms with van der Waals surface area (Å²) in [6, 6.07) is 1.71. The Hall–Kier alpha value is -2.34. The van der Waals surface area contributed by atoms with Gasteiger partial charge in [0, 0.05) is 31.0 Å². The summed E-state index contributed by atoms with van der Waals surface area (Å²) >= 11 is 6.14. The van der Waals surface area contributed by atoms with Crippen LogP contribution in [0.25, 0.3) is 6.08 Å². The largest absolute Gasteiger partial charge is 0.486 e. The van der Waals surface area contributed by atoms with Gasteiger partial charge in [-0.3, -0.25) is 14.5 Å². The van der Waals surface area contributed by atoms with Gasteiger partial charge in [0.2, 0.25) is 5.91 Å².